The Morgan fingerprint density at radius 3 is 2.54 bits per heavy atom. The molecule has 2 heterocycles. The number of benzene rings is 3. The lowest BCUT2D eigenvalue weighted by Crippen LogP contribution is -2.39. The maximum atomic E-state index is 13.8. The Morgan fingerprint density at radius 2 is 1.85 bits per heavy atom. The van der Waals surface area contributed by atoms with Gasteiger partial charge < -0.3 is 9.47 Å². The first-order valence-corrected chi connectivity index (χ1v) is 15.6. The van der Waals surface area contributed by atoms with Gasteiger partial charge in [-0.25, -0.2) is 9.79 Å². The second kappa shape index (κ2) is 12.7. The Hall–Kier alpha value is -2.69. The van der Waals surface area contributed by atoms with Crippen molar-refractivity contribution in [2.45, 2.75) is 26.5 Å². The van der Waals surface area contributed by atoms with Crippen LogP contribution in [0.1, 0.15) is 36.6 Å². The molecule has 6 nitrogen and oxygen atoms in total. The van der Waals surface area contributed by atoms with Crippen molar-refractivity contribution in [1.29, 1.82) is 0 Å². The number of rotatable bonds is 7. The normalized spacial score (nSPS) is 15.0. The molecule has 0 bridgehead atoms. The lowest BCUT2D eigenvalue weighted by Gasteiger charge is -2.24. The van der Waals surface area contributed by atoms with Crippen LogP contribution < -0.4 is 19.6 Å². The van der Waals surface area contributed by atoms with Crippen molar-refractivity contribution in [3.05, 3.63) is 127 Å². The standard InChI is InChI=1S/C30H22Br2Cl2N2O4S/c1-3-39-29(38)26-16(2)35-30-36(27(26)18-5-8-20(31)9-6-18)28(37)25(41-30)13-17-4-11-24(22(32)12-17)40-15-19-7-10-21(33)14-23(19)34/h4-14,27H,3,15H2,1-2H3/b25-13-/t27-/m1/s1. The highest BCUT2D eigenvalue weighted by Crippen LogP contribution is 2.32. The molecule has 0 aliphatic carbocycles. The SMILES string of the molecule is CCOC(=O)C1=C(C)N=c2s/c(=C\c3ccc(OCc4ccc(Cl)cc4Cl)c(Br)c3)c(=O)n2[C@@H]1c1ccc(Br)cc1. The summed E-state index contributed by atoms with van der Waals surface area (Å²) in [7, 11) is 0. The van der Waals surface area contributed by atoms with Gasteiger partial charge in [0.15, 0.2) is 4.80 Å². The zero-order valence-corrected chi connectivity index (χ0v) is 27.3. The minimum absolute atomic E-state index is 0.217. The third kappa shape index (κ3) is 6.39. The molecule has 0 saturated heterocycles. The molecular formula is C30H22Br2Cl2N2O4S. The van der Waals surface area contributed by atoms with E-state index in [1.54, 1.807) is 36.6 Å². The highest BCUT2D eigenvalue weighted by atomic mass is 79.9. The Labute approximate surface area is 266 Å². The van der Waals surface area contributed by atoms with Gasteiger partial charge in [0.05, 0.1) is 32.9 Å². The van der Waals surface area contributed by atoms with Gasteiger partial charge in [-0.2, -0.15) is 0 Å². The van der Waals surface area contributed by atoms with E-state index in [2.05, 4.69) is 36.9 Å². The summed E-state index contributed by atoms with van der Waals surface area (Å²) >= 11 is 20.6. The van der Waals surface area contributed by atoms with Crippen molar-refractivity contribution in [3.63, 3.8) is 0 Å². The van der Waals surface area contributed by atoms with Crippen LogP contribution >= 0.6 is 66.4 Å². The average molecular weight is 737 g/mol. The van der Waals surface area contributed by atoms with Crippen LogP contribution in [0, 0.1) is 0 Å². The number of aromatic nitrogens is 1. The molecule has 11 heteroatoms. The van der Waals surface area contributed by atoms with Gasteiger partial charge >= 0.3 is 5.97 Å². The molecular weight excluding hydrogens is 715 g/mol. The minimum atomic E-state index is -0.664. The van der Waals surface area contributed by atoms with Crippen LogP contribution in [0.3, 0.4) is 0 Å². The van der Waals surface area contributed by atoms with Gasteiger partial charge in [0, 0.05) is 20.1 Å². The summed E-state index contributed by atoms with van der Waals surface area (Å²) in [6, 6.07) is 17.7. The fourth-order valence-electron chi connectivity index (χ4n) is 4.42. The molecule has 1 aliphatic heterocycles. The van der Waals surface area contributed by atoms with Crippen LogP contribution in [-0.4, -0.2) is 17.1 Å². The summed E-state index contributed by atoms with van der Waals surface area (Å²) in [5.74, 6) is 0.134. The summed E-state index contributed by atoms with van der Waals surface area (Å²) in [5, 5.41) is 1.09. The van der Waals surface area contributed by atoms with E-state index >= 15 is 0 Å². The summed E-state index contributed by atoms with van der Waals surface area (Å²) in [6.07, 6.45) is 1.80. The Balaban J connectivity index is 1.51. The number of hydrogen-bond donors (Lipinski definition) is 0. The van der Waals surface area contributed by atoms with E-state index in [1.807, 2.05) is 48.5 Å². The second-order valence-electron chi connectivity index (χ2n) is 9.07. The quantitative estimate of drug-likeness (QED) is 0.188. The number of hydrogen-bond acceptors (Lipinski definition) is 6. The Morgan fingerprint density at radius 1 is 1.10 bits per heavy atom. The van der Waals surface area contributed by atoms with Gasteiger partial charge in [-0.15, -0.1) is 0 Å². The molecule has 0 radical (unpaired) electrons. The van der Waals surface area contributed by atoms with E-state index in [4.69, 9.17) is 32.7 Å². The topological polar surface area (TPSA) is 69.9 Å². The summed E-state index contributed by atoms with van der Waals surface area (Å²) < 4.78 is 15.0. The molecule has 1 aromatic heterocycles. The fourth-order valence-corrected chi connectivity index (χ4v) is 6.71. The number of allylic oxidation sites excluding steroid dienone is 1. The average Bonchev–Trinajstić information content (AvgIpc) is 3.23. The molecule has 3 aromatic carbocycles. The molecule has 0 fully saturated rings. The van der Waals surface area contributed by atoms with Crippen LogP contribution in [-0.2, 0) is 16.1 Å². The molecule has 210 valence electrons. The zero-order valence-electron chi connectivity index (χ0n) is 21.8. The second-order valence-corrected chi connectivity index (χ2v) is 12.7. The number of carbonyl (C=O) groups is 1. The molecule has 1 atom stereocenters. The van der Waals surface area contributed by atoms with E-state index in [1.165, 1.54) is 11.3 Å². The van der Waals surface area contributed by atoms with E-state index in [0.29, 0.717) is 36.4 Å². The van der Waals surface area contributed by atoms with Gasteiger partial charge in [0.25, 0.3) is 5.56 Å². The van der Waals surface area contributed by atoms with Crippen molar-refractivity contribution >= 4 is 78.4 Å². The predicted octanol–water partition coefficient (Wildman–Crippen LogP) is 7.21. The lowest BCUT2D eigenvalue weighted by atomic mass is 9.96. The number of ether oxygens (including phenoxy) is 2. The van der Waals surface area contributed by atoms with Crippen LogP contribution in [0.2, 0.25) is 10.0 Å². The van der Waals surface area contributed by atoms with Crippen molar-refractivity contribution < 1.29 is 14.3 Å². The number of thiazole rings is 1. The first-order chi connectivity index (χ1) is 19.7. The third-order valence-electron chi connectivity index (χ3n) is 6.35. The Kier molecular flexibility index (Phi) is 9.21. The van der Waals surface area contributed by atoms with Gasteiger partial charge in [0.1, 0.15) is 12.4 Å². The highest BCUT2D eigenvalue weighted by Gasteiger charge is 2.33. The van der Waals surface area contributed by atoms with Gasteiger partial charge in [-0.1, -0.05) is 74.7 Å². The van der Waals surface area contributed by atoms with E-state index in [9.17, 15) is 9.59 Å². The first kappa shape index (κ1) is 29.8. The summed E-state index contributed by atoms with van der Waals surface area (Å²) in [6.45, 7) is 4.00. The monoisotopic (exact) mass is 734 g/mol. The molecule has 41 heavy (non-hydrogen) atoms. The van der Waals surface area contributed by atoms with Crippen LogP contribution in [0.5, 0.6) is 5.75 Å². The minimum Gasteiger partial charge on any atom is -0.488 e. The number of carbonyl (C=O) groups excluding carboxylic acids is 1. The molecule has 0 N–H and O–H groups in total. The van der Waals surface area contributed by atoms with Crippen molar-refractivity contribution in [1.82, 2.24) is 4.57 Å². The van der Waals surface area contributed by atoms with Crippen LogP contribution in [0.15, 0.2) is 90.7 Å². The van der Waals surface area contributed by atoms with Crippen molar-refractivity contribution in [3.8, 4) is 5.75 Å². The van der Waals surface area contributed by atoms with Gasteiger partial charge in [0.2, 0.25) is 0 Å². The molecule has 0 amide bonds. The number of halogens is 4. The van der Waals surface area contributed by atoms with E-state index in [-0.39, 0.29) is 18.8 Å². The van der Waals surface area contributed by atoms with Gasteiger partial charge in [-0.3, -0.25) is 9.36 Å². The number of nitrogens with zero attached hydrogens (tertiary/aromatic N) is 2. The Bertz CT molecular complexity index is 1870. The fraction of sp³-hybridized carbons (Fsp3) is 0.167. The molecule has 1 aliphatic rings. The molecule has 4 aromatic rings. The van der Waals surface area contributed by atoms with Crippen LogP contribution in [0.4, 0.5) is 0 Å². The maximum Gasteiger partial charge on any atom is 0.338 e. The number of fused-ring (bicyclic) bond motifs is 1. The zero-order chi connectivity index (χ0) is 29.3. The maximum absolute atomic E-state index is 13.8. The third-order valence-corrected chi connectivity index (χ3v) is 9.07. The molecule has 0 unspecified atom stereocenters. The molecule has 5 rings (SSSR count). The predicted molar refractivity (Wildman–Crippen MR) is 169 cm³/mol. The first-order valence-electron chi connectivity index (χ1n) is 12.5. The lowest BCUT2D eigenvalue weighted by molar-refractivity contribution is -0.139. The molecule has 0 spiro atoms. The molecule has 0 saturated carbocycles. The van der Waals surface area contributed by atoms with Crippen molar-refractivity contribution in [2.24, 2.45) is 4.99 Å². The highest BCUT2D eigenvalue weighted by molar-refractivity contribution is 9.10. The summed E-state index contributed by atoms with van der Waals surface area (Å²) in [5.41, 5.74) is 3.01. The van der Waals surface area contributed by atoms with E-state index < -0.39 is 12.0 Å². The van der Waals surface area contributed by atoms with E-state index in [0.717, 1.165) is 25.6 Å². The summed E-state index contributed by atoms with van der Waals surface area (Å²) in [4.78, 5) is 32.0. The number of esters is 1. The smallest absolute Gasteiger partial charge is 0.338 e. The van der Waals surface area contributed by atoms with Crippen LogP contribution in [0.25, 0.3) is 6.08 Å². The van der Waals surface area contributed by atoms with Gasteiger partial charge in [-0.05, 0) is 83.4 Å². The largest absolute Gasteiger partial charge is 0.488 e. The van der Waals surface area contributed by atoms with Crippen molar-refractivity contribution in [2.75, 3.05) is 6.61 Å².